The summed E-state index contributed by atoms with van der Waals surface area (Å²) in [6.07, 6.45) is 2.32. The first-order valence-corrected chi connectivity index (χ1v) is 16.6. The lowest BCUT2D eigenvalue weighted by atomic mass is 10.1. The van der Waals surface area contributed by atoms with Gasteiger partial charge in [-0.2, -0.15) is 0 Å². The topological polar surface area (TPSA) is 103 Å². The minimum atomic E-state index is -2.18. The number of aliphatic hydroxyl groups is 1. The van der Waals surface area contributed by atoms with Crippen molar-refractivity contribution in [2.24, 2.45) is 0 Å². The Kier molecular flexibility index (Phi) is 11.5. The molecule has 0 unspecified atom stereocenters. The third kappa shape index (κ3) is 8.89. The molecule has 0 fully saturated rings. The van der Waals surface area contributed by atoms with Crippen LogP contribution >= 0.6 is 15.9 Å². The number of ether oxygens (including phenoxy) is 1. The number of rotatable bonds is 12. The number of carbonyl (C=O) groups excluding carboxylic acids is 2. The van der Waals surface area contributed by atoms with Crippen LogP contribution in [0.1, 0.15) is 75.4 Å². The zero-order valence-electron chi connectivity index (χ0n) is 23.7. The molecule has 2 N–H and O–H groups in total. The highest BCUT2D eigenvalue weighted by molar-refractivity contribution is 9.10. The minimum Gasteiger partial charge on any atom is -0.469 e. The lowest BCUT2D eigenvalue weighted by Crippen LogP contribution is -2.45. The van der Waals surface area contributed by atoms with Crippen LogP contribution in [0, 0.1) is 0 Å². The second-order valence-corrected chi connectivity index (χ2v) is 16.7. The highest BCUT2D eigenvalue weighted by atomic mass is 79.9. The van der Waals surface area contributed by atoms with E-state index in [0.717, 1.165) is 5.56 Å². The van der Waals surface area contributed by atoms with Gasteiger partial charge < -0.3 is 24.2 Å². The summed E-state index contributed by atoms with van der Waals surface area (Å²) in [4.78, 5) is 29.5. The number of nitrogens with zero attached hydrogens (tertiary/aromatic N) is 2. The molecular formula is C28H42BrN3O5Si. The van der Waals surface area contributed by atoms with Crippen molar-refractivity contribution >= 4 is 42.2 Å². The number of esters is 1. The van der Waals surface area contributed by atoms with Crippen molar-refractivity contribution in [2.45, 2.75) is 90.4 Å². The van der Waals surface area contributed by atoms with E-state index in [-0.39, 0.29) is 41.6 Å². The summed E-state index contributed by atoms with van der Waals surface area (Å²) < 4.78 is 13.6. The Labute approximate surface area is 236 Å². The molecule has 1 amide bonds. The number of aliphatic hydroxyl groups excluding tert-OH is 1. The summed E-state index contributed by atoms with van der Waals surface area (Å²) in [5.41, 5.74) is 1.66. The second kappa shape index (κ2) is 13.7. The normalized spacial score (nSPS) is 14.1. The van der Waals surface area contributed by atoms with E-state index in [4.69, 9.17) is 9.16 Å². The average molecular weight is 609 g/mol. The van der Waals surface area contributed by atoms with E-state index < -0.39 is 20.5 Å². The fourth-order valence-corrected chi connectivity index (χ4v) is 5.55. The fraction of sp³-hybridized carbons (Fsp3) is 0.536. The zero-order valence-corrected chi connectivity index (χ0v) is 26.3. The number of amides is 1. The number of nitrogens with one attached hydrogen (secondary N) is 1. The largest absolute Gasteiger partial charge is 0.469 e. The number of methoxy groups -OCH3 is 1. The number of halogens is 1. The predicted octanol–water partition coefficient (Wildman–Crippen LogP) is 5.87. The SMILES string of the molecule is COC(=O)C[C@@H](C[C@@H](O)/C=C/c1c(Br)nc(C(=O)NCc2ccccc2)n1C(C)C)O[Si](C)(C)C(C)(C)C. The van der Waals surface area contributed by atoms with E-state index in [1.54, 1.807) is 12.2 Å². The smallest absolute Gasteiger partial charge is 0.308 e. The van der Waals surface area contributed by atoms with Crippen molar-refractivity contribution in [3.63, 3.8) is 0 Å². The molecule has 0 bridgehead atoms. The quantitative estimate of drug-likeness (QED) is 0.231. The number of imidazole rings is 1. The molecule has 38 heavy (non-hydrogen) atoms. The van der Waals surface area contributed by atoms with Crippen LogP contribution in [0.15, 0.2) is 41.0 Å². The molecule has 0 aliphatic carbocycles. The Morgan fingerprint density at radius 1 is 1.21 bits per heavy atom. The first-order valence-electron chi connectivity index (χ1n) is 12.9. The van der Waals surface area contributed by atoms with Gasteiger partial charge in [0.15, 0.2) is 8.32 Å². The molecule has 2 atom stereocenters. The first-order chi connectivity index (χ1) is 17.7. The molecule has 210 valence electrons. The van der Waals surface area contributed by atoms with Gasteiger partial charge in [-0.1, -0.05) is 57.2 Å². The lowest BCUT2D eigenvalue weighted by molar-refractivity contribution is -0.142. The Morgan fingerprint density at radius 2 is 1.84 bits per heavy atom. The third-order valence-electron chi connectivity index (χ3n) is 6.79. The van der Waals surface area contributed by atoms with Gasteiger partial charge >= 0.3 is 5.97 Å². The number of hydrogen-bond acceptors (Lipinski definition) is 6. The molecule has 1 heterocycles. The number of aromatic nitrogens is 2. The second-order valence-electron chi connectivity index (χ2n) is 11.2. The van der Waals surface area contributed by atoms with Crippen LogP contribution in [0.4, 0.5) is 0 Å². The summed E-state index contributed by atoms with van der Waals surface area (Å²) in [5, 5.41) is 13.8. The maximum Gasteiger partial charge on any atom is 0.308 e. The Hall–Kier alpha value is -2.27. The molecule has 0 aliphatic rings. The van der Waals surface area contributed by atoms with Crippen molar-refractivity contribution in [3.05, 3.63) is 58.1 Å². The monoisotopic (exact) mass is 607 g/mol. The van der Waals surface area contributed by atoms with E-state index in [0.29, 0.717) is 16.8 Å². The van der Waals surface area contributed by atoms with Crippen molar-refractivity contribution in [2.75, 3.05) is 7.11 Å². The minimum absolute atomic E-state index is 0.0473. The van der Waals surface area contributed by atoms with E-state index >= 15 is 0 Å². The molecule has 0 radical (unpaired) electrons. The van der Waals surface area contributed by atoms with E-state index in [1.807, 2.05) is 48.7 Å². The molecule has 0 saturated carbocycles. The van der Waals surface area contributed by atoms with Gasteiger partial charge in [0, 0.05) is 19.0 Å². The molecule has 8 nitrogen and oxygen atoms in total. The van der Waals surface area contributed by atoms with Gasteiger partial charge in [-0.3, -0.25) is 9.59 Å². The van der Waals surface area contributed by atoms with Crippen molar-refractivity contribution in [3.8, 4) is 0 Å². The van der Waals surface area contributed by atoms with E-state index in [9.17, 15) is 14.7 Å². The highest BCUT2D eigenvalue weighted by Crippen LogP contribution is 2.38. The van der Waals surface area contributed by atoms with Gasteiger partial charge in [0.05, 0.1) is 31.4 Å². The van der Waals surface area contributed by atoms with Gasteiger partial charge in [0.2, 0.25) is 5.82 Å². The van der Waals surface area contributed by atoms with Crippen molar-refractivity contribution in [1.29, 1.82) is 0 Å². The number of hydrogen-bond donors (Lipinski definition) is 2. The average Bonchev–Trinajstić information content (AvgIpc) is 3.17. The van der Waals surface area contributed by atoms with Crippen LogP contribution < -0.4 is 5.32 Å². The number of carbonyl (C=O) groups is 2. The van der Waals surface area contributed by atoms with E-state index in [2.05, 4.69) is 60.1 Å². The number of benzene rings is 1. The van der Waals surface area contributed by atoms with E-state index in [1.165, 1.54) is 7.11 Å². The van der Waals surface area contributed by atoms with Gasteiger partial charge in [-0.25, -0.2) is 4.98 Å². The molecular weight excluding hydrogens is 566 g/mol. The summed E-state index contributed by atoms with van der Waals surface area (Å²) in [5.74, 6) is -0.386. The van der Waals surface area contributed by atoms with Crippen LogP contribution in [-0.2, 0) is 20.5 Å². The van der Waals surface area contributed by atoms with Crippen LogP contribution in [0.2, 0.25) is 18.1 Å². The van der Waals surface area contributed by atoms with Crippen LogP contribution in [0.5, 0.6) is 0 Å². The van der Waals surface area contributed by atoms with Gasteiger partial charge in [0.1, 0.15) is 4.60 Å². The summed E-state index contributed by atoms with van der Waals surface area (Å²) in [6.45, 7) is 14.9. The Balaban J connectivity index is 2.22. The molecule has 2 aromatic rings. The van der Waals surface area contributed by atoms with Crippen molar-refractivity contribution < 1.29 is 23.9 Å². The van der Waals surface area contributed by atoms with Crippen molar-refractivity contribution in [1.82, 2.24) is 14.9 Å². The first kappa shape index (κ1) is 31.9. The Bertz CT molecular complexity index is 1110. The maximum atomic E-state index is 13.0. The van der Waals surface area contributed by atoms with Gasteiger partial charge in [-0.05, 0) is 59.5 Å². The molecule has 0 aliphatic heterocycles. The lowest BCUT2D eigenvalue weighted by Gasteiger charge is -2.39. The summed E-state index contributed by atoms with van der Waals surface area (Å²) in [7, 11) is -0.838. The molecule has 10 heteroatoms. The standard InChI is InChI=1S/C28H42BrN3O5Si/c1-19(2)32-23(25(29)31-26(32)27(35)30-18-20-12-10-9-11-13-20)15-14-21(33)16-22(17-24(34)36-6)37-38(7,8)28(3,4)5/h9-15,19,21-22,33H,16-18H2,1-8H3,(H,30,35)/b15-14+/t21-,22+/m0/s1. The molecule has 1 aromatic carbocycles. The molecule has 0 saturated heterocycles. The maximum absolute atomic E-state index is 13.0. The third-order valence-corrected chi connectivity index (χ3v) is 11.9. The summed E-state index contributed by atoms with van der Waals surface area (Å²) in [6, 6.07) is 9.62. The van der Waals surface area contributed by atoms with Crippen LogP contribution in [0.25, 0.3) is 6.08 Å². The molecule has 2 rings (SSSR count). The fourth-order valence-electron chi connectivity index (χ4n) is 3.69. The van der Waals surface area contributed by atoms with Crippen LogP contribution in [0.3, 0.4) is 0 Å². The molecule has 1 aromatic heterocycles. The predicted molar refractivity (Wildman–Crippen MR) is 156 cm³/mol. The van der Waals surface area contributed by atoms with Crippen LogP contribution in [-0.4, -0.2) is 54.2 Å². The van der Waals surface area contributed by atoms with Gasteiger partial charge in [-0.15, -0.1) is 0 Å². The van der Waals surface area contributed by atoms with Gasteiger partial charge in [0.25, 0.3) is 5.91 Å². The summed E-state index contributed by atoms with van der Waals surface area (Å²) >= 11 is 3.48. The Morgan fingerprint density at radius 3 is 2.39 bits per heavy atom. The molecule has 0 spiro atoms. The highest BCUT2D eigenvalue weighted by Gasteiger charge is 2.40. The zero-order chi connectivity index (χ0) is 28.7.